The minimum absolute atomic E-state index is 0.0204. The molecule has 0 saturated carbocycles. The SMILES string of the molecule is CC(C)NC(=O)[C@@H](C)N(Cc1cccc(Br)c1)C(=O)CN(c1cc(Cl)ccc1Cl)S(=O)(=O)c1ccccc1. The Labute approximate surface area is 241 Å². The molecule has 7 nitrogen and oxygen atoms in total. The van der Waals surface area contributed by atoms with Crippen LogP contribution in [0, 0.1) is 0 Å². The molecule has 202 valence electrons. The van der Waals surface area contributed by atoms with E-state index in [2.05, 4.69) is 21.2 Å². The third-order valence-electron chi connectivity index (χ3n) is 5.63. The van der Waals surface area contributed by atoms with Gasteiger partial charge in [-0.25, -0.2) is 8.42 Å². The van der Waals surface area contributed by atoms with Crippen molar-refractivity contribution >= 4 is 66.7 Å². The first kappa shape index (κ1) is 30.0. The average Bonchev–Trinajstić information content (AvgIpc) is 2.87. The number of anilines is 1. The van der Waals surface area contributed by atoms with E-state index in [4.69, 9.17) is 23.2 Å². The van der Waals surface area contributed by atoms with Crippen LogP contribution in [0.3, 0.4) is 0 Å². The Morgan fingerprint density at radius 2 is 1.63 bits per heavy atom. The van der Waals surface area contributed by atoms with Crippen molar-refractivity contribution in [3.05, 3.63) is 92.9 Å². The standard InChI is InChI=1S/C27H28BrCl2N3O4S/c1-18(2)31-27(35)19(3)32(16-20-8-7-9-21(28)14-20)26(34)17-33(25-15-22(29)12-13-24(25)30)38(36,37)23-10-5-4-6-11-23/h4-15,18-19H,16-17H2,1-3H3,(H,31,35)/t19-/m1/s1. The predicted octanol–water partition coefficient (Wildman–Crippen LogP) is 5.89. The van der Waals surface area contributed by atoms with Gasteiger partial charge in [-0.1, -0.05) is 69.5 Å². The average molecular weight is 641 g/mol. The summed E-state index contributed by atoms with van der Waals surface area (Å²) < 4.78 is 29.3. The molecule has 0 aliphatic heterocycles. The normalized spacial score (nSPS) is 12.2. The molecule has 0 radical (unpaired) electrons. The zero-order valence-electron chi connectivity index (χ0n) is 21.1. The van der Waals surface area contributed by atoms with Gasteiger partial charge in [0.25, 0.3) is 10.0 Å². The number of nitrogens with zero attached hydrogens (tertiary/aromatic N) is 2. The van der Waals surface area contributed by atoms with Crippen molar-refractivity contribution in [2.45, 2.75) is 44.3 Å². The summed E-state index contributed by atoms with van der Waals surface area (Å²) in [4.78, 5) is 28.2. The van der Waals surface area contributed by atoms with Crippen LogP contribution in [-0.2, 0) is 26.2 Å². The maximum Gasteiger partial charge on any atom is 0.264 e. The number of sulfonamides is 1. The smallest absolute Gasteiger partial charge is 0.264 e. The molecule has 0 heterocycles. The van der Waals surface area contributed by atoms with E-state index in [-0.39, 0.29) is 39.1 Å². The molecule has 38 heavy (non-hydrogen) atoms. The molecule has 11 heteroatoms. The first-order valence-corrected chi connectivity index (χ1v) is 14.8. The van der Waals surface area contributed by atoms with Gasteiger partial charge in [-0.3, -0.25) is 13.9 Å². The third kappa shape index (κ3) is 7.50. The third-order valence-corrected chi connectivity index (χ3v) is 8.45. The lowest BCUT2D eigenvalue weighted by Crippen LogP contribution is -2.52. The second kappa shape index (κ2) is 13.0. The van der Waals surface area contributed by atoms with Crippen molar-refractivity contribution in [1.82, 2.24) is 10.2 Å². The van der Waals surface area contributed by atoms with E-state index in [0.717, 1.165) is 14.3 Å². The molecule has 0 aromatic heterocycles. The number of hydrogen-bond donors (Lipinski definition) is 1. The second-order valence-electron chi connectivity index (χ2n) is 8.91. The summed E-state index contributed by atoms with van der Waals surface area (Å²) in [6.45, 7) is 4.72. The Kier molecular flexibility index (Phi) is 10.2. The highest BCUT2D eigenvalue weighted by Gasteiger charge is 2.33. The van der Waals surface area contributed by atoms with Gasteiger partial charge in [-0.2, -0.15) is 0 Å². The van der Waals surface area contributed by atoms with Gasteiger partial charge in [0.05, 0.1) is 15.6 Å². The van der Waals surface area contributed by atoms with Crippen molar-refractivity contribution in [2.75, 3.05) is 10.8 Å². The largest absolute Gasteiger partial charge is 0.352 e. The zero-order valence-corrected chi connectivity index (χ0v) is 25.0. The van der Waals surface area contributed by atoms with Gasteiger partial charge >= 0.3 is 0 Å². The summed E-state index contributed by atoms with van der Waals surface area (Å²) in [6.07, 6.45) is 0. The summed E-state index contributed by atoms with van der Waals surface area (Å²) in [6, 6.07) is 18.4. The minimum Gasteiger partial charge on any atom is -0.352 e. The topological polar surface area (TPSA) is 86.8 Å². The fourth-order valence-electron chi connectivity index (χ4n) is 3.73. The first-order chi connectivity index (χ1) is 17.9. The van der Waals surface area contributed by atoms with Crippen molar-refractivity contribution in [3.63, 3.8) is 0 Å². The number of benzene rings is 3. The van der Waals surface area contributed by atoms with Crippen LogP contribution in [0.15, 0.2) is 82.2 Å². The highest BCUT2D eigenvalue weighted by Crippen LogP contribution is 2.33. The van der Waals surface area contributed by atoms with E-state index < -0.39 is 28.5 Å². The monoisotopic (exact) mass is 639 g/mol. The molecule has 0 spiro atoms. The predicted molar refractivity (Wildman–Crippen MR) is 155 cm³/mol. The number of amides is 2. The molecular weight excluding hydrogens is 613 g/mol. The quantitative estimate of drug-likeness (QED) is 0.299. The van der Waals surface area contributed by atoms with Crippen LogP contribution in [-0.4, -0.2) is 43.8 Å². The summed E-state index contributed by atoms with van der Waals surface area (Å²) in [5.41, 5.74) is 0.813. The Balaban J connectivity index is 2.07. The van der Waals surface area contributed by atoms with Crippen LogP contribution in [0.2, 0.25) is 10.0 Å². The molecule has 1 atom stereocenters. The van der Waals surface area contributed by atoms with E-state index >= 15 is 0 Å². The summed E-state index contributed by atoms with van der Waals surface area (Å²) in [7, 11) is -4.23. The summed E-state index contributed by atoms with van der Waals surface area (Å²) in [5, 5.41) is 3.17. The highest BCUT2D eigenvalue weighted by molar-refractivity contribution is 9.10. The van der Waals surface area contributed by atoms with E-state index in [0.29, 0.717) is 0 Å². The number of nitrogens with one attached hydrogen (secondary N) is 1. The van der Waals surface area contributed by atoms with Gasteiger partial charge in [0.15, 0.2) is 0 Å². The number of hydrogen-bond acceptors (Lipinski definition) is 4. The molecule has 2 amide bonds. The first-order valence-electron chi connectivity index (χ1n) is 11.8. The van der Waals surface area contributed by atoms with E-state index in [1.54, 1.807) is 25.1 Å². The molecule has 0 bridgehead atoms. The molecule has 0 unspecified atom stereocenters. The fourth-order valence-corrected chi connectivity index (χ4v) is 6.06. The minimum atomic E-state index is -4.23. The number of halogens is 3. The van der Waals surface area contributed by atoms with Gasteiger partial charge < -0.3 is 10.2 Å². The molecule has 3 aromatic carbocycles. The second-order valence-corrected chi connectivity index (χ2v) is 12.5. The van der Waals surface area contributed by atoms with Gasteiger partial charge in [0.2, 0.25) is 11.8 Å². The molecule has 3 aromatic rings. The Morgan fingerprint density at radius 3 is 2.26 bits per heavy atom. The van der Waals surface area contributed by atoms with Crippen LogP contribution in [0.1, 0.15) is 26.3 Å². The van der Waals surface area contributed by atoms with E-state index in [9.17, 15) is 18.0 Å². The lowest BCUT2D eigenvalue weighted by Gasteiger charge is -2.32. The van der Waals surface area contributed by atoms with Gasteiger partial charge in [-0.05, 0) is 68.8 Å². The van der Waals surface area contributed by atoms with Crippen molar-refractivity contribution in [3.8, 4) is 0 Å². The van der Waals surface area contributed by atoms with Crippen LogP contribution < -0.4 is 9.62 Å². The van der Waals surface area contributed by atoms with Crippen molar-refractivity contribution < 1.29 is 18.0 Å². The molecule has 0 saturated heterocycles. The number of rotatable bonds is 10. The van der Waals surface area contributed by atoms with Crippen molar-refractivity contribution in [1.29, 1.82) is 0 Å². The lowest BCUT2D eigenvalue weighted by molar-refractivity contribution is -0.139. The van der Waals surface area contributed by atoms with E-state index in [1.807, 2.05) is 38.1 Å². The molecule has 3 rings (SSSR count). The Hall–Kier alpha value is -2.59. The Bertz CT molecular complexity index is 1400. The van der Waals surface area contributed by atoms with Gasteiger partial charge in [-0.15, -0.1) is 0 Å². The summed E-state index contributed by atoms with van der Waals surface area (Å²) >= 11 is 16.0. The van der Waals surface area contributed by atoms with Crippen molar-refractivity contribution in [2.24, 2.45) is 0 Å². The van der Waals surface area contributed by atoms with Crippen LogP contribution >= 0.6 is 39.1 Å². The van der Waals surface area contributed by atoms with Gasteiger partial charge in [0.1, 0.15) is 12.6 Å². The maximum atomic E-state index is 13.9. The van der Waals surface area contributed by atoms with Crippen LogP contribution in [0.4, 0.5) is 5.69 Å². The Morgan fingerprint density at radius 1 is 0.947 bits per heavy atom. The highest BCUT2D eigenvalue weighted by atomic mass is 79.9. The number of carbonyl (C=O) groups excluding carboxylic acids is 2. The molecular formula is C27H28BrCl2N3O4S. The maximum absolute atomic E-state index is 13.9. The molecule has 0 aliphatic carbocycles. The molecule has 0 aliphatic rings. The van der Waals surface area contributed by atoms with E-state index in [1.165, 1.54) is 35.2 Å². The zero-order chi connectivity index (χ0) is 28.0. The summed E-state index contributed by atoms with van der Waals surface area (Å²) in [5.74, 6) is -0.950. The fraction of sp³-hybridized carbons (Fsp3) is 0.259. The van der Waals surface area contributed by atoms with Crippen LogP contribution in [0.5, 0.6) is 0 Å². The van der Waals surface area contributed by atoms with Crippen LogP contribution in [0.25, 0.3) is 0 Å². The molecule has 1 N–H and O–H groups in total. The van der Waals surface area contributed by atoms with Gasteiger partial charge in [0, 0.05) is 22.1 Å². The lowest BCUT2D eigenvalue weighted by atomic mass is 10.1. The number of carbonyl (C=O) groups is 2. The molecule has 0 fully saturated rings.